The molecule has 0 aliphatic heterocycles. The molecule has 0 atom stereocenters. The maximum Gasteiger partial charge on any atom is 0.119 e. The Kier molecular flexibility index (Phi) is 7.79. The lowest BCUT2D eigenvalue weighted by atomic mass is 9.94. The minimum Gasteiger partial charge on any atom is -0.497 e. The molecule has 0 aromatic heterocycles. The van der Waals surface area contributed by atoms with E-state index < -0.39 is 0 Å². The largest absolute Gasteiger partial charge is 0.497 e. The van der Waals surface area contributed by atoms with E-state index in [-0.39, 0.29) is 0 Å². The molecule has 0 unspecified atom stereocenters. The van der Waals surface area contributed by atoms with Gasteiger partial charge in [0.15, 0.2) is 0 Å². The molecular formula is C36H33NO2. The van der Waals surface area contributed by atoms with Gasteiger partial charge in [0.05, 0.1) is 14.2 Å². The number of rotatable bonds is 8. The molecule has 194 valence electrons. The van der Waals surface area contributed by atoms with Crippen LogP contribution in [-0.2, 0) is 0 Å². The van der Waals surface area contributed by atoms with Crippen molar-refractivity contribution in [1.82, 2.24) is 0 Å². The van der Waals surface area contributed by atoms with Crippen molar-refractivity contribution in [3.8, 4) is 11.5 Å². The summed E-state index contributed by atoms with van der Waals surface area (Å²) in [6.07, 6.45) is 2.27. The van der Waals surface area contributed by atoms with Gasteiger partial charge in [-0.2, -0.15) is 0 Å². The number of anilines is 3. The lowest BCUT2D eigenvalue weighted by Gasteiger charge is -2.26. The zero-order valence-electron chi connectivity index (χ0n) is 22.9. The third kappa shape index (κ3) is 6.05. The molecule has 0 N–H and O–H groups in total. The molecule has 0 bridgehead atoms. The molecule has 5 aromatic carbocycles. The molecular weight excluding hydrogens is 478 g/mol. The van der Waals surface area contributed by atoms with Crippen LogP contribution in [0.4, 0.5) is 17.1 Å². The van der Waals surface area contributed by atoms with Gasteiger partial charge in [0.1, 0.15) is 11.5 Å². The van der Waals surface area contributed by atoms with Crippen LogP contribution in [0.1, 0.15) is 27.8 Å². The van der Waals surface area contributed by atoms with Crippen molar-refractivity contribution in [1.29, 1.82) is 0 Å². The van der Waals surface area contributed by atoms with Gasteiger partial charge in [-0.25, -0.2) is 0 Å². The van der Waals surface area contributed by atoms with Crippen LogP contribution >= 0.6 is 0 Å². The number of ether oxygens (including phenoxy) is 2. The maximum absolute atomic E-state index is 5.39. The minimum atomic E-state index is 0.827. The van der Waals surface area contributed by atoms with E-state index in [0.717, 1.165) is 34.1 Å². The Labute approximate surface area is 231 Å². The van der Waals surface area contributed by atoms with Crippen LogP contribution in [0.3, 0.4) is 0 Å². The van der Waals surface area contributed by atoms with Crippen LogP contribution < -0.4 is 14.4 Å². The molecule has 0 radical (unpaired) electrons. The molecule has 3 nitrogen and oxygen atoms in total. The normalized spacial score (nSPS) is 10.6. The summed E-state index contributed by atoms with van der Waals surface area (Å²) >= 11 is 0. The number of methoxy groups -OCH3 is 2. The Morgan fingerprint density at radius 2 is 0.846 bits per heavy atom. The monoisotopic (exact) mass is 511 g/mol. The quantitative estimate of drug-likeness (QED) is 0.194. The van der Waals surface area contributed by atoms with Crippen molar-refractivity contribution in [2.24, 2.45) is 0 Å². The van der Waals surface area contributed by atoms with Gasteiger partial charge in [-0.3, -0.25) is 0 Å². The Morgan fingerprint density at radius 3 is 1.21 bits per heavy atom. The summed E-state index contributed by atoms with van der Waals surface area (Å²) < 4.78 is 10.8. The van der Waals surface area contributed by atoms with E-state index in [1.165, 1.54) is 27.8 Å². The first kappa shape index (κ1) is 25.9. The molecule has 5 rings (SSSR count). The number of hydrogen-bond acceptors (Lipinski definition) is 3. The van der Waals surface area contributed by atoms with E-state index in [1.54, 1.807) is 14.2 Å². The van der Waals surface area contributed by atoms with Crippen LogP contribution in [0.15, 0.2) is 121 Å². The van der Waals surface area contributed by atoms with Crippen molar-refractivity contribution in [3.63, 3.8) is 0 Å². The molecule has 0 aliphatic rings. The van der Waals surface area contributed by atoms with E-state index in [2.05, 4.69) is 122 Å². The third-order valence-corrected chi connectivity index (χ3v) is 6.85. The van der Waals surface area contributed by atoms with Crippen LogP contribution in [-0.4, -0.2) is 14.2 Å². The summed E-state index contributed by atoms with van der Waals surface area (Å²) in [5.41, 5.74) is 10.4. The van der Waals surface area contributed by atoms with Gasteiger partial charge in [0, 0.05) is 17.1 Å². The number of aryl methyl sites for hydroxylation is 2. The van der Waals surface area contributed by atoms with Gasteiger partial charge in [-0.05, 0) is 103 Å². The summed E-state index contributed by atoms with van der Waals surface area (Å²) in [6.45, 7) is 4.24. The Bertz CT molecular complexity index is 1440. The third-order valence-electron chi connectivity index (χ3n) is 6.85. The van der Waals surface area contributed by atoms with Gasteiger partial charge < -0.3 is 14.4 Å². The number of benzene rings is 5. The topological polar surface area (TPSA) is 21.7 Å². The Hall–Kier alpha value is -4.76. The van der Waals surface area contributed by atoms with Gasteiger partial charge in [0.25, 0.3) is 0 Å². The van der Waals surface area contributed by atoms with E-state index in [4.69, 9.17) is 9.47 Å². The van der Waals surface area contributed by atoms with Crippen LogP contribution in [0.2, 0.25) is 0 Å². The van der Waals surface area contributed by atoms with Crippen LogP contribution in [0, 0.1) is 13.8 Å². The molecule has 0 fully saturated rings. The summed E-state index contributed by atoms with van der Waals surface area (Å²) in [5, 5.41) is 0. The second-order valence-corrected chi connectivity index (χ2v) is 9.61. The van der Waals surface area contributed by atoms with Gasteiger partial charge in [-0.1, -0.05) is 71.8 Å². The molecule has 0 aliphatic carbocycles. The fraction of sp³-hybridized carbons (Fsp3) is 0.111. The maximum atomic E-state index is 5.39. The van der Waals surface area contributed by atoms with E-state index >= 15 is 0 Å². The van der Waals surface area contributed by atoms with Gasteiger partial charge in [0.2, 0.25) is 0 Å². The zero-order valence-corrected chi connectivity index (χ0v) is 22.9. The molecule has 0 amide bonds. The highest BCUT2D eigenvalue weighted by Gasteiger charge is 2.13. The number of hydrogen-bond donors (Lipinski definition) is 0. The highest BCUT2D eigenvalue weighted by atomic mass is 16.5. The van der Waals surface area contributed by atoms with Crippen LogP contribution in [0.25, 0.3) is 11.6 Å². The summed E-state index contributed by atoms with van der Waals surface area (Å²) in [4.78, 5) is 2.23. The summed E-state index contributed by atoms with van der Waals surface area (Å²) in [5.74, 6) is 1.65. The van der Waals surface area contributed by atoms with Crippen LogP contribution in [0.5, 0.6) is 11.5 Å². The molecule has 3 heteroatoms. The lowest BCUT2D eigenvalue weighted by Crippen LogP contribution is -2.09. The standard InChI is InChI=1S/C36H33NO2/c1-26-5-11-29(12-6-26)36(30-13-7-27(2)8-14-30)25-28-9-15-31(16-10-28)37(32-17-21-34(38-3)22-18-32)33-19-23-35(39-4)24-20-33/h5-25H,1-4H3. The van der Waals surface area contributed by atoms with E-state index in [9.17, 15) is 0 Å². The smallest absolute Gasteiger partial charge is 0.119 e. The Balaban J connectivity index is 1.54. The zero-order chi connectivity index (χ0) is 27.2. The molecule has 39 heavy (non-hydrogen) atoms. The molecule has 0 saturated heterocycles. The SMILES string of the molecule is COc1ccc(N(c2ccc(C=C(c3ccc(C)cc3)c3ccc(C)cc3)cc2)c2ccc(OC)cc2)cc1. The minimum absolute atomic E-state index is 0.827. The van der Waals surface area contributed by atoms with Gasteiger partial charge >= 0.3 is 0 Å². The molecule has 5 aromatic rings. The first-order valence-electron chi connectivity index (χ1n) is 13.1. The van der Waals surface area contributed by atoms with Crippen molar-refractivity contribution in [2.45, 2.75) is 13.8 Å². The second kappa shape index (κ2) is 11.7. The first-order valence-corrected chi connectivity index (χ1v) is 13.1. The average Bonchev–Trinajstić information content (AvgIpc) is 2.98. The van der Waals surface area contributed by atoms with E-state index in [1.807, 2.05) is 24.3 Å². The van der Waals surface area contributed by atoms with E-state index in [0.29, 0.717) is 0 Å². The van der Waals surface area contributed by atoms with Crippen molar-refractivity contribution in [3.05, 3.63) is 149 Å². The molecule has 0 heterocycles. The fourth-order valence-electron chi connectivity index (χ4n) is 4.60. The molecule has 0 saturated carbocycles. The first-order chi connectivity index (χ1) is 19.0. The predicted molar refractivity (Wildman–Crippen MR) is 164 cm³/mol. The second-order valence-electron chi connectivity index (χ2n) is 9.61. The fourth-order valence-corrected chi connectivity index (χ4v) is 4.60. The summed E-state index contributed by atoms with van der Waals surface area (Å²) in [7, 11) is 3.37. The average molecular weight is 512 g/mol. The molecule has 0 spiro atoms. The summed E-state index contributed by atoms with van der Waals surface area (Å²) in [6, 6.07) is 42.4. The number of nitrogens with zero attached hydrogens (tertiary/aromatic N) is 1. The van der Waals surface area contributed by atoms with Gasteiger partial charge in [-0.15, -0.1) is 0 Å². The van der Waals surface area contributed by atoms with Crippen molar-refractivity contribution >= 4 is 28.7 Å². The lowest BCUT2D eigenvalue weighted by molar-refractivity contribution is 0.415. The van der Waals surface area contributed by atoms with Crippen molar-refractivity contribution in [2.75, 3.05) is 19.1 Å². The van der Waals surface area contributed by atoms with Crippen molar-refractivity contribution < 1.29 is 9.47 Å². The Morgan fingerprint density at radius 1 is 0.487 bits per heavy atom. The highest BCUT2D eigenvalue weighted by molar-refractivity contribution is 5.92. The predicted octanol–water partition coefficient (Wildman–Crippen LogP) is 9.38. The highest BCUT2D eigenvalue weighted by Crippen LogP contribution is 2.36.